The summed E-state index contributed by atoms with van der Waals surface area (Å²) in [6.45, 7) is 5.60. The Morgan fingerprint density at radius 1 is 1.50 bits per heavy atom. The number of carboxylic acid groups (broad SMARTS) is 1. The fourth-order valence-electron chi connectivity index (χ4n) is 0.761. The highest BCUT2D eigenvalue weighted by molar-refractivity contribution is 5.85. The summed E-state index contributed by atoms with van der Waals surface area (Å²) < 4.78 is 0. The van der Waals surface area contributed by atoms with Crippen LogP contribution in [0.1, 0.15) is 12.8 Å². The summed E-state index contributed by atoms with van der Waals surface area (Å²) in [5.74, 6) is -0.908. The zero-order chi connectivity index (χ0) is 9.40. The fraction of sp³-hybridized carbons (Fsp3) is 0.625. The van der Waals surface area contributed by atoms with Crippen LogP contribution in [0.3, 0.4) is 0 Å². The molecule has 0 amide bonds. The molecular formula is C8H16N2O2. The molecule has 0 aliphatic rings. The molecule has 70 valence electrons. The van der Waals surface area contributed by atoms with Crippen molar-refractivity contribution < 1.29 is 9.90 Å². The zero-order valence-electron chi connectivity index (χ0n) is 7.18. The van der Waals surface area contributed by atoms with Crippen molar-refractivity contribution >= 4 is 5.97 Å². The first-order valence-corrected chi connectivity index (χ1v) is 4.00. The molecule has 4 nitrogen and oxygen atoms in total. The number of aliphatic carboxylic acids is 1. The summed E-state index contributed by atoms with van der Waals surface area (Å²) >= 11 is 0. The van der Waals surface area contributed by atoms with Gasteiger partial charge in [0.25, 0.3) is 0 Å². The van der Waals surface area contributed by atoms with Crippen molar-refractivity contribution in [3.8, 4) is 0 Å². The van der Waals surface area contributed by atoms with E-state index < -0.39 is 5.97 Å². The van der Waals surface area contributed by atoms with E-state index in [1.807, 2.05) is 0 Å². The first kappa shape index (κ1) is 11.1. The SMILES string of the molecule is C=C(CCCNCCN)C(=O)O. The van der Waals surface area contributed by atoms with E-state index in [-0.39, 0.29) is 5.57 Å². The van der Waals surface area contributed by atoms with Gasteiger partial charge >= 0.3 is 5.97 Å². The van der Waals surface area contributed by atoms with E-state index in [4.69, 9.17) is 10.8 Å². The third-order valence-electron chi connectivity index (χ3n) is 1.46. The van der Waals surface area contributed by atoms with Gasteiger partial charge in [-0.05, 0) is 19.4 Å². The minimum absolute atomic E-state index is 0.268. The Balaban J connectivity index is 3.20. The molecule has 0 aromatic heterocycles. The molecule has 0 radical (unpaired) electrons. The van der Waals surface area contributed by atoms with Crippen LogP contribution in [0.15, 0.2) is 12.2 Å². The molecule has 0 aliphatic carbocycles. The Bertz CT molecular complexity index is 157. The third-order valence-corrected chi connectivity index (χ3v) is 1.46. The minimum atomic E-state index is -0.908. The lowest BCUT2D eigenvalue weighted by atomic mass is 10.2. The van der Waals surface area contributed by atoms with Gasteiger partial charge in [0, 0.05) is 18.7 Å². The number of nitrogens with one attached hydrogen (secondary N) is 1. The molecule has 0 aromatic carbocycles. The summed E-state index contributed by atoms with van der Waals surface area (Å²) in [5, 5.41) is 11.5. The van der Waals surface area contributed by atoms with Crippen molar-refractivity contribution in [1.82, 2.24) is 5.32 Å². The molecule has 0 saturated heterocycles. The van der Waals surface area contributed by atoms with Crippen molar-refractivity contribution in [3.63, 3.8) is 0 Å². The molecule has 4 N–H and O–H groups in total. The molecule has 0 fully saturated rings. The van der Waals surface area contributed by atoms with Gasteiger partial charge in [0.2, 0.25) is 0 Å². The second kappa shape index (κ2) is 6.82. The van der Waals surface area contributed by atoms with Crippen LogP contribution in [0.4, 0.5) is 0 Å². The number of hydrogen-bond donors (Lipinski definition) is 3. The molecule has 0 heterocycles. The van der Waals surface area contributed by atoms with Crippen LogP contribution in [0.5, 0.6) is 0 Å². The predicted octanol–water partition coefficient (Wildman–Crippen LogP) is -0.0443. The fourth-order valence-corrected chi connectivity index (χ4v) is 0.761. The summed E-state index contributed by atoms with van der Waals surface area (Å²) in [5.41, 5.74) is 5.51. The second-order valence-corrected chi connectivity index (χ2v) is 2.55. The van der Waals surface area contributed by atoms with Crippen molar-refractivity contribution in [1.29, 1.82) is 0 Å². The molecule has 0 aromatic rings. The smallest absolute Gasteiger partial charge is 0.330 e. The summed E-state index contributed by atoms with van der Waals surface area (Å²) in [6, 6.07) is 0. The van der Waals surface area contributed by atoms with Crippen molar-refractivity contribution in [2.75, 3.05) is 19.6 Å². The van der Waals surface area contributed by atoms with Crippen molar-refractivity contribution in [2.24, 2.45) is 5.73 Å². The standard InChI is InChI=1S/C8H16N2O2/c1-7(8(11)12)3-2-5-10-6-4-9/h10H,1-6,9H2,(H,11,12). The Kier molecular flexibility index (Phi) is 6.32. The quantitative estimate of drug-likeness (QED) is 0.372. The van der Waals surface area contributed by atoms with E-state index in [1.165, 1.54) is 0 Å². The first-order chi connectivity index (χ1) is 5.68. The number of rotatable bonds is 7. The van der Waals surface area contributed by atoms with Crippen LogP contribution < -0.4 is 11.1 Å². The molecule has 0 saturated carbocycles. The third kappa shape index (κ3) is 5.88. The Morgan fingerprint density at radius 3 is 2.67 bits per heavy atom. The Labute approximate surface area is 72.4 Å². The highest BCUT2D eigenvalue weighted by atomic mass is 16.4. The minimum Gasteiger partial charge on any atom is -0.478 e. The highest BCUT2D eigenvalue weighted by Crippen LogP contribution is 2.00. The molecular weight excluding hydrogens is 156 g/mol. The van der Waals surface area contributed by atoms with Crippen LogP contribution in [0.2, 0.25) is 0 Å². The number of nitrogens with two attached hydrogens (primary N) is 1. The Hall–Kier alpha value is -0.870. The monoisotopic (exact) mass is 172 g/mol. The summed E-state index contributed by atoms with van der Waals surface area (Å²) in [7, 11) is 0. The average molecular weight is 172 g/mol. The lowest BCUT2D eigenvalue weighted by Gasteiger charge is -2.02. The molecule has 0 spiro atoms. The zero-order valence-corrected chi connectivity index (χ0v) is 7.18. The maximum Gasteiger partial charge on any atom is 0.330 e. The maximum atomic E-state index is 10.3. The molecule has 0 rings (SSSR count). The normalized spacial score (nSPS) is 9.75. The molecule has 0 bridgehead atoms. The van der Waals surface area contributed by atoms with Gasteiger partial charge in [0.05, 0.1) is 0 Å². The topological polar surface area (TPSA) is 75.3 Å². The van der Waals surface area contributed by atoms with E-state index in [0.717, 1.165) is 19.5 Å². The molecule has 0 atom stereocenters. The second-order valence-electron chi connectivity index (χ2n) is 2.55. The van der Waals surface area contributed by atoms with Gasteiger partial charge in [0.1, 0.15) is 0 Å². The number of carboxylic acids is 1. The number of carbonyl (C=O) groups is 1. The molecule has 4 heteroatoms. The van der Waals surface area contributed by atoms with Gasteiger partial charge in [0.15, 0.2) is 0 Å². The van der Waals surface area contributed by atoms with Crippen LogP contribution in [0.25, 0.3) is 0 Å². The lowest BCUT2D eigenvalue weighted by molar-refractivity contribution is -0.132. The maximum absolute atomic E-state index is 10.3. The average Bonchev–Trinajstić information content (AvgIpc) is 2.03. The van der Waals surface area contributed by atoms with E-state index in [2.05, 4.69) is 11.9 Å². The molecule has 12 heavy (non-hydrogen) atoms. The van der Waals surface area contributed by atoms with Crippen LogP contribution >= 0.6 is 0 Å². The highest BCUT2D eigenvalue weighted by Gasteiger charge is 2.01. The van der Waals surface area contributed by atoms with E-state index in [9.17, 15) is 4.79 Å². The van der Waals surface area contributed by atoms with Crippen molar-refractivity contribution in [3.05, 3.63) is 12.2 Å². The Morgan fingerprint density at radius 2 is 2.17 bits per heavy atom. The molecule has 0 unspecified atom stereocenters. The summed E-state index contributed by atoms with van der Waals surface area (Å²) in [6.07, 6.45) is 1.33. The lowest BCUT2D eigenvalue weighted by Crippen LogP contribution is -2.23. The van der Waals surface area contributed by atoms with Gasteiger partial charge in [-0.15, -0.1) is 0 Å². The predicted molar refractivity (Wildman–Crippen MR) is 47.9 cm³/mol. The van der Waals surface area contributed by atoms with Gasteiger partial charge in [-0.3, -0.25) is 0 Å². The van der Waals surface area contributed by atoms with E-state index >= 15 is 0 Å². The molecule has 0 aliphatic heterocycles. The van der Waals surface area contributed by atoms with Crippen LogP contribution in [-0.2, 0) is 4.79 Å². The van der Waals surface area contributed by atoms with Crippen LogP contribution in [-0.4, -0.2) is 30.7 Å². The summed E-state index contributed by atoms with van der Waals surface area (Å²) in [4.78, 5) is 10.3. The van der Waals surface area contributed by atoms with Gasteiger partial charge in [-0.25, -0.2) is 4.79 Å². The van der Waals surface area contributed by atoms with E-state index in [1.54, 1.807) is 0 Å². The number of hydrogen-bond acceptors (Lipinski definition) is 3. The van der Waals surface area contributed by atoms with E-state index in [0.29, 0.717) is 13.0 Å². The van der Waals surface area contributed by atoms with Gasteiger partial charge < -0.3 is 16.2 Å². The van der Waals surface area contributed by atoms with Crippen molar-refractivity contribution in [2.45, 2.75) is 12.8 Å². The van der Waals surface area contributed by atoms with Gasteiger partial charge in [-0.2, -0.15) is 0 Å². The largest absolute Gasteiger partial charge is 0.478 e. The first-order valence-electron chi connectivity index (χ1n) is 4.00. The van der Waals surface area contributed by atoms with Gasteiger partial charge in [-0.1, -0.05) is 6.58 Å². The van der Waals surface area contributed by atoms with Crippen LogP contribution in [0, 0.1) is 0 Å².